The molecule has 1 fully saturated rings. The first kappa shape index (κ1) is 40.9. The van der Waals surface area contributed by atoms with Gasteiger partial charge in [-0.1, -0.05) is 171 Å². The van der Waals surface area contributed by atoms with Gasteiger partial charge in [-0.3, -0.25) is 0 Å². The normalized spacial score (nSPS) is 19.2. The molecule has 4 aliphatic carbocycles. The van der Waals surface area contributed by atoms with Gasteiger partial charge in [0.05, 0.1) is 51.6 Å². The van der Waals surface area contributed by atoms with Gasteiger partial charge < -0.3 is 19.6 Å². The zero-order chi connectivity index (χ0) is 46.3. The summed E-state index contributed by atoms with van der Waals surface area (Å²) in [4.78, 5) is 10.1. The predicted molar refractivity (Wildman–Crippen MR) is 295 cm³/mol. The Kier molecular flexibility index (Phi) is 9.52. The summed E-state index contributed by atoms with van der Waals surface area (Å²) in [6.45, 7) is 2.41. The smallest absolute Gasteiger partial charge is 0.0703 e. The van der Waals surface area contributed by atoms with Gasteiger partial charge in [-0.05, 0) is 137 Å². The standard InChI is InChI=1S/C66H54N4/c1-45-19-18-32-64-65(45)69(49-22-6-3-7-23-49)61-29-13-10-26-58(61)68(64)50-37-39-53-52-38-34-46(43-55(52)66(56(53)44-50)41-16-17-42-66)33-35-47-36-40-57(54-25-9-8-24-51(47)54)70-62-30-14-11-27-59(62)67(48-20-4-2-5-21-48)60-28-12-15-31-63(60)70/h2-15,18,20-22,24-40,43-45,49H,16-17,19,23,41-42H2,1H3/b35-33+. The van der Waals surface area contributed by atoms with Gasteiger partial charge in [0.25, 0.3) is 0 Å². The minimum absolute atomic E-state index is 0.00343. The second-order valence-electron chi connectivity index (χ2n) is 20.0. The molecule has 338 valence electrons. The molecule has 4 nitrogen and oxygen atoms in total. The second-order valence-corrected chi connectivity index (χ2v) is 20.0. The molecule has 0 amide bonds. The maximum atomic E-state index is 2.65. The summed E-state index contributed by atoms with van der Waals surface area (Å²) in [5, 5.41) is 2.46. The number of nitrogens with zero attached hydrogens (tertiary/aromatic N) is 4. The molecule has 0 aromatic heterocycles. The van der Waals surface area contributed by atoms with E-state index in [0.29, 0.717) is 12.0 Å². The maximum Gasteiger partial charge on any atom is 0.0703 e. The maximum absolute atomic E-state index is 2.65. The van der Waals surface area contributed by atoms with E-state index in [1.54, 1.807) is 0 Å². The number of hydrogen-bond acceptors (Lipinski definition) is 4. The lowest BCUT2D eigenvalue weighted by atomic mass is 9.76. The number of fused-ring (bicyclic) bond motifs is 9. The third kappa shape index (κ3) is 6.22. The van der Waals surface area contributed by atoms with Gasteiger partial charge in [0, 0.05) is 33.8 Å². The van der Waals surface area contributed by atoms with Crippen LogP contribution < -0.4 is 19.6 Å². The Morgan fingerprint density at radius 3 is 1.83 bits per heavy atom. The third-order valence-corrected chi connectivity index (χ3v) is 16.1. The van der Waals surface area contributed by atoms with E-state index in [0.717, 1.165) is 41.3 Å². The number of benzene rings is 8. The molecule has 2 unspecified atom stereocenters. The average molecular weight is 903 g/mol. The lowest BCUT2D eigenvalue weighted by molar-refractivity contribution is 0.550. The fourth-order valence-corrected chi connectivity index (χ4v) is 13.0. The molecule has 14 rings (SSSR count). The SMILES string of the molecule is CC1CC=CC2=C1N(C1C=CC=CC1)c1ccccc1N2c1ccc2c(c1)C1(CCCC1)c1cc(/C=C/c3ccc(N4c5ccccc5N(c5ccccc5)c5ccccc54)c4ccccc34)ccc1-2. The van der Waals surface area contributed by atoms with Crippen molar-refractivity contribution in [2.24, 2.45) is 5.92 Å². The lowest BCUT2D eigenvalue weighted by Gasteiger charge is -2.47. The van der Waals surface area contributed by atoms with Gasteiger partial charge in [0.15, 0.2) is 0 Å². The minimum atomic E-state index is 0.00343. The first-order valence-electron chi connectivity index (χ1n) is 25.4. The summed E-state index contributed by atoms with van der Waals surface area (Å²) >= 11 is 0. The van der Waals surface area contributed by atoms with Crippen molar-refractivity contribution in [1.29, 1.82) is 0 Å². The Morgan fingerprint density at radius 1 is 0.486 bits per heavy atom. The van der Waals surface area contributed by atoms with Crippen LogP contribution >= 0.6 is 0 Å². The van der Waals surface area contributed by atoms with Crippen molar-refractivity contribution in [3.8, 4) is 11.1 Å². The van der Waals surface area contributed by atoms with Crippen molar-refractivity contribution in [3.63, 3.8) is 0 Å². The topological polar surface area (TPSA) is 13.0 Å². The van der Waals surface area contributed by atoms with Crippen molar-refractivity contribution in [1.82, 2.24) is 0 Å². The summed E-state index contributed by atoms with van der Waals surface area (Å²) in [5.74, 6) is 0.411. The molecule has 0 radical (unpaired) electrons. The van der Waals surface area contributed by atoms with Crippen molar-refractivity contribution < 1.29 is 0 Å². The van der Waals surface area contributed by atoms with Crippen LogP contribution in [0.4, 0.5) is 51.2 Å². The van der Waals surface area contributed by atoms with Crippen LogP contribution in [0, 0.1) is 5.92 Å². The third-order valence-electron chi connectivity index (χ3n) is 16.1. The van der Waals surface area contributed by atoms with Crippen LogP contribution in [0.3, 0.4) is 0 Å². The molecule has 2 atom stereocenters. The van der Waals surface area contributed by atoms with E-state index in [2.05, 4.69) is 251 Å². The highest BCUT2D eigenvalue weighted by molar-refractivity contribution is 6.09. The first-order chi connectivity index (χ1) is 34.6. The number of anilines is 9. The fraction of sp³-hybridized carbons (Fsp3) is 0.152. The van der Waals surface area contributed by atoms with E-state index in [9.17, 15) is 0 Å². The van der Waals surface area contributed by atoms with E-state index < -0.39 is 0 Å². The predicted octanol–water partition coefficient (Wildman–Crippen LogP) is 17.8. The van der Waals surface area contributed by atoms with Gasteiger partial charge in [-0.15, -0.1) is 0 Å². The van der Waals surface area contributed by atoms with Crippen molar-refractivity contribution in [2.75, 3.05) is 19.6 Å². The molecule has 6 aliphatic rings. The highest BCUT2D eigenvalue weighted by Gasteiger charge is 2.46. The van der Waals surface area contributed by atoms with Crippen LogP contribution in [0.15, 0.2) is 224 Å². The summed E-state index contributed by atoms with van der Waals surface area (Å²) in [6.07, 6.45) is 25.5. The van der Waals surface area contributed by atoms with Crippen LogP contribution in [0.2, 0.25) is 0 Å². The molecule has 8 aromatic carbocycles. The lowest BCUT2D eigenvalue weighted by Crippen LogP contribution is -2.43. The van der Waals surface area contributed by atoms with Crippen LogP contribution in [0.25, 0.3) is 34.1 Å². The van der Waals surface area contributed by atoms with Crippen LogP contribution in [-0.2, 0) is 5.41 Å². The minimum Gasteiger partial charge on any atom is -0.334 e. The van der Waals surface area contributed by atoms with E-state index in [1.165, 1.54) is 104 Å². The zero-order valence-electron chi connectivity index (χ0n) is 39.5. The quantitative estimate of drug-likeness (QED) is 0.154. The van der Waals surface area contributed by atoms with Crippen LogP contribution in [0.1, 0.15) is 67.7 Å². The van der Waals surface area contributed by atoms with E-state index >= 15 is 0 Å². The van der Waals surface area contributed by atoms with Gasteiger partial charge in [0.2, 0.25) is 0 Å². The second kappa shape index (κ2) is 16.3. The molecule has 4 heteroatoms. The van der Waals surface area contributed by atoms with Crippen LogP contribution in [0.5, 0.6) is 0 Å². The van der Waals surface area contributed by atoms with Crippen molar-refractivity contribution in [2.45, 2.75) is 56.9 Å². The zero-order valence-corrected chi connectivity index (χ0v) is 39.5. The van der Waals surface area contributed by atoms with Crippen LogP contribution in [-0.4, -0.2) is 6.04 Å². The highest BCUT2D eigenvalue weighted by Crippen LogP contribution is 2.60. The summed E-state index contributed by atoms with van der Waals surface area (Å²) in [5.41, 5.74) is 21.8. The Labute approximate surface area is 411 Å². The molecule has 2 heterocycles. The van der Waals surface area contributed by atoms with Gasteiger partial charge in [-0.25, -0.2) is 0 Å². The van der Waals surface area contributed by atoms with Crippen molar-refractivity contribution in [3.05, 3.63) is 246 Å². The molecule has 2 aliphatic heterocycles. The molecular formula is C66H54N4. The van der Waals surface area contributed by atoms with E-state index in [-0.39, 0.29) is 5.41 Å². The molecule has 70 heavy (non-hydrogen) atoms. The number of hydrogen-bond donors (Lipinski definition) is 0. The molecule has 1 saturated carbocycles. The van der Waals surface area contributed by atoms with E-state index in [4.69, 9.17) is 0 Å². The molecule has 0 N–H and O–H groups in total. The Balaban J connectivity index is 0.826. The summed E-state index contributed by atoms with van der Waals surface area (Å²) in [6, 6.07) is 66.0. The number of rotatable bonds is 6. The largest absolute Gasteiger partial charge is 0.334 e. The molecule has 0 bridgehead atoms. The summed E-state index contributed by atoms with van der Waals surface area (Å²) < 4.78 is 0. The van der Waals surface area contributed by atoms with Gasteiger partial charge >= 0.3 is 0 Å². The van der Waals surface area contributed by atoms with Crippen molar-refractivity contribution >= 4 is 74.1 Å². The number of para-hydroxylation sites is 7. The van der Waals surface area contributed by atoms with E-state index in [1.807, 2.05) is 0 Å². The van der Waals surface area contributed by atoms with Gasteiger partial charge in [-0.2, -0.15) is 0 Å². The average Bonchev–Trinajstić information content (AvgIpc) is 4.02. The fourth-order valence-electron chi connectivity index (χ4n) is 13.0. The Bertz CT molecular complexity index is 3520. The summed E-state index contributed by atoms with van der Waals surface area (Å²) in [7, 11) is 0. The first-order valence-corrected chi connectivity index (χ1v) is 25.4. The molecule has 1 spiro atoms. The monoisotopic (exact) mass is 902 g/mol. The number of allylic oxidation sites excluding steroid dienone is 5. The van der Waals surface area contributed by atoms with Gasteiger partial charge in [0.1, 0.15) is 0 Å². The Morgan fingerprint density at radius 2 is 1.11 bits per heavy atom. The Hall–Kier alpha value is -8.08. The molecule has 0 saturated heterocycles. The highest BCUT2D eigenvalue weighted by atomic mass is 15.3. The molecule has 8 aromatic rings. The molecular weight excluding hydrogens is 849 g/mol.